The molecule has 19 heavy (non-hydrogen) atoms. The lowest BCUT2D eigenvalue weighted by atomic mass is 10.1. The van der Waals surface area contributed by atoms with E-state index in [1.165, 1.54) is 0 Å². The van der Waals surface area contributed by atoms with Crippen molar-refractivity contribution in [2.75, 3.05) is 13.2 Å². The van der Waals surface area contributed by atoms with Gasteiger partial charge in [-0.3, -0.25) is 0 Å². The van der Waals surface area contributed by atoms with Crippen molar-refractivity contribution >= 4 is 27.8 Å². The number of nitrogens with zero attached hydrogens (tertiary/aromatic N) is 2. The van der Waals surface area contributed by atoms with Gasteiger partial charge in [-0.05, 0) is 42.8 Å². The maximum Gasteiger partial charge on any atom is 0.358 e. The summed E-state index contributed by atoms with van der Waals surface area (Å²) < 4.78 is 11.0. The van der Waals surface area contributed by atoms with Crippen LogP contribution in [0.3, 0.4) is 0 Å². The standard InChI is InChI=1S/C13H15BrN2O3/c1-4-18-12(17)10-9(14)5-8(6-15-10)11-16-13(2,3)7-19-11/h5-6H,4,7H2,1-3H3. The van der Waals surface area contributed by atoms with Gasteiger partial charge in [-0.1, -0.05) is 0 Å². The summed E-state index contributed by atoms with van der Waals surface area (Å²) in [6, 6.07) is 1.76. The van der Waals surface area contributed by atoms with Crippen LogP contribution in [0.2, 0.25) is 0 Å². The third-order valence-corrected chi connectivity index (χ3v) is 3.13. The van der Waals surface area contributed by atoms with E-state index in [-0.39, 0.29) is 11.2 Å². The molecule has 102 valence electrons. The van der Waals surface area contributed by atoms with Crippen LogP contribution in [0.5, 0.6) is 0 Å². The van der Waals surface area contributed by atoms with E-state index in [1.54, 1.807) is 19.2 Å². The summed E-state index contributed by atoms with van der Waals surface area (Å²) in [5, 5.41) is 0. The predicted molar refractivity (Wildman–Crippen MR) is 74.5 cm³/mol. The van der Waals surface area contributed by atoms with E-state index in [9.17, 15) is 4.79 Å². The minimum atomic E-state index is -0.449. The van der Waals surface area contributed by atoms with Crippen molar-refractivity contribution < 1.29 is 14.3 Å². The van der Waals surface area contributed by atoms with Crippen LogP contribution in [0.4, 0.5) is 0 Å². The molecule has 0 spiro atoms. The number of aromatic nitrogens is 1. The maximum atomic E-state index is 11.6. The fourth-order valence-corrected chi connectivity index (χ4v) is 2.15. The monoisotopic (exact) mass is 326 g/mol. The Hall–Kier alpha value is -1.43. The average molecular weight is 327 g/mol. The number of carbonyl (C=O) groups excluding carboxylic acids is 1. The Balaban J connectivity index is 2.27. The number of hydrogen-bond acceptors (Lipinski definition) is 5. The van der Waals surface area contributed by atoms with Crippen molar-refractivity contribution in [2.24, 2.45) is 4.99 Å². The number of pyridine rings is 1. The van der Waals surface area contributed by atoms with Crippen LogP contribution in [-0.2, 0) is 9.47 Å². The smallest absolute Gasteiger partial charge is 0.358 e. The number of carbonyl (C=O) groups is 1. The largest absolute Gasteiger partial charge is 0.475 e. The second-order valence-electron chi connectivity index (χ2n) is 4.79. The van der Waals surface area contributed by atoms with Gasteiger partial charge in [-0.25, -0.2) is 14.8 Å². The molecule has 0 aromatic carbocycles. The van der Waals surface area contributed by atoms with Crippen LogP contribution in [0, 0.1) is 0 Å². The normalized spacial score (nSPS) is 16.7. The summed E-state index contributed by atoms with van der Waals surface area (Å²) in [6.45, 7) is 6.60. The van der Waals surface area contributed by atoms with Gasteiger partial charge in [0.05, 0.1) is 22.2 Å². The Labute approximate surface area is 120 Å². The molecule has 5 nitrogen and oxygen atoms in total. The molecule has 0 amide bonds. The molecule has 1 aliphatic heterocycles. The van der Waals surface area contributed by atoms with Crippen LogP contribution in [0.1, 0.15) is 36.8 Å². The van der Waals surface area contributed by atoms with Crippen molar-refractivity contribution in [2.45, 2.75) is 26.3 Å². The van der Waals surface area contributed by atoms with Gasteiger partial charge < -0.3 is 9.47 Å². The van der Waals surface area contributed by atoms with E-state index in [4.69, 9.17) is 9.47 Å². The van der Waals surface area contributed by atoms with Crippen LogP contribution in [0.15, 0.2) is 21.7 Å². The molecule has 1 aromatic heterocycles. The molecule has 1 aromatic rings. The van der Waals surface area contributed by atoms with Gasteiger partial charge in [0.15, 0.2) is 5.69 Å². The number of hydrogen-bond donors (Lipinski definition) is 0. The number of rotatable bonds is 3. The van der Waals surface area contributed by atoms with Crippen LogP contribution in [0.25, 0.3) is 0 Å². The summed E-state index contributed by atoms with van der Waals surface area (Å²) in [5.74, 6) is 0.101. The van der Waals surface area contributed by atoms with Crippen molar-refractivity contribution in [3.63, 3.8) is 0 Å². The Morgan fingerprint density at radius 3 is 2.84 bits per heavy atom. The van der Waals surface area contributed by atoms with Gasteiger partial charge in [-0.15, -0.1) is 0 Å². The fourth-order valence-electron chi connectivity index (χ4n) is 1.64. The lowest BCUT2D eigenvalue weighted by Gasteiger charge is -2.07. The number of aliphatic imine (C=N–C) groups is 1. The Kier molecular flexibility index (Phi) is 3.89. The molecule has 0 fully saturated rings. The lowest BCUT2D eigenvalue weighted by molar-refractivity contribution is 0.0518. The molecule has 0 aliphatic carbocycles. The van der Waals surface area contributed by atoms with Crippen molar-refractivity contribution in [3.05, 3.63) is 28.0 Å². The minimum absolute atomic E-state index is 0.221. The molecule has 2 rings (SSSR count). The molecular weight excluding hydrogens is 312 g/mol. The van der Waals surface area contributed by atoms with Gasteiger partial charge in [0.1, 0.15) is 6.61 Å². The van der Waals surface area contributed by atoms with Gasteiger partial charge in [0.2, 0.25) is 5.90 Å². The van der Waals surface area contributed by atoms with Gasteiger partial charge in [0, 0.05) is 6.20 Å². The highest BCUT2D eigenvalue weighted by atomic mass is 79.9. The van der Waals surface area contributed by atoms with E-state index in [2.05, 4.69) is 25.9 Å². The van der Waals surface area contributed by atoms with Gasteiger partial charge in [0.25, 0.3) is 0 Å². The second kappa shape index (κ2) is 5.28. The molecule has 0 saturated heterocycles. The Bertz CT molecular complexity index is 541. The molecule has 2 heterocycles. The molecule has 0 bridgehead atoms. The average Bonchev–Trinajstić information content (AvgIpc) is 2.70. The summed E-state index contributed by atoms with van der Waals surface area (Å²) in [5.41, 5.74) is 0.774. The molecule has 0 saturated carbocycles. The molecule has 0 unspecified atom stereocenters. The van der Waals surface area contributed by atoms with E-state index in [0.29, 0.717) is 23.6 Å². The van der Waals surface area contributed by atoms with Gasteiger partial charge in [-0.2, -0.15) is 0 Å². The molecular formula is C13H15BrN2O3. The topological polar surface area (TPSA) is 60.8 Å². The number of ether oxygens (including phenoxy) is 2. The SMILES string of the molecule is CCOC(=O)c1ncc(C2=NC(C)(C)CO2)cc1Br. The third-order valence-electron chi connectivity index (χ3n) is 2.52. The quantitative estimate of drug-likeness (QED) is 0.801. The zero-order valence-electron chi connectivity index (χ0n) is 11.1. The first kappa shape index (κ1) is 14.0. The van der Waals surface area contributed by atoms with Crippen LogP contribution >= 0.6 is 15.9 Å². The number of halogens is 1. The van der Waals surface area contributed by atoms with E-state index in [1.807, 2.05) is 13.8 Å². The Morgan fingerprint density at radius 1 is 1.58 bits per heavy atom. The number of esters is 1. The molecule has 0 radical (unpaired) electrons. The summed E-state index contributed by atoms with van der Waals surface area (Å²) in [4.78, 5) is 20.2. The highest BCUT2D eigenvalue weighted by Crippen LogP contribution is 2.23. The summed E-state index contributed by atoms with van der Waals surface area (Å²) >= 11 is 3.32. The molecule has 0 N–H and O–H groups in total. The minimum Gasteiger partial charge on any atom is -0.475 e. The van der Waals surface area contributed by atoms with Crippen molar-refractivity contribution in [1.82, 2.24) is 4.98 Å². The Morgan fingerprint density at radius 2 is 2.32 bits per heavy atom. The first-order valence-electron chi connectivity index (χ1n) is 5.98. The first-order chi connectivity index (χ1) is 8.93. The van der Waals surface area contributed by atoms with E-state index < -0.39 is 5.97 Å². The summed E-state index contributed by atoms with van der Waals surface area (Å²) in [6.07, 6.45) is 1.57. The molecule has 6 heteroatoms. The highest BCUT2D eigenvalue weighted by Gasteiger charge is 2.27. The third kappa shape index (κ3) is 3.12. The van der Waals surface area contributed by atoms with Crippen LogP contribution in [-0.4, -0.2) is 35.6 Å². The van der Waals surface area contributed by atoms with Crippen molar-refractivity contribution in [3.8, 4) is 0 Å². The zero-order chi connectivity index (χ0) is 14.0. The van der Waals surface area contributed by atoms with E-state index in [0.717, 1.165) is 5.56 Å². The van der Waals surface area contributed by atoms with Gasteiger partial charge >= 0.3 is 5.97 Å². The first-order valence-corrected chi connectivity index (χ1v) is 6.78. The predicted octanol–water partition coefficient (Wildman–Crippen LogP) is 2.58. The summed E-state index contributed by atoms with van der Waals surface area (Å²) in [7, 11) is 0. The second-order valence-corrected chi connectivity index (χ2v) is 5.65. The van der Waals surface area contributed by atoms with Crippen molar-refractivity contribution in [1.29, 1.82) is 0 Å². The highest BCUT2D eigenvalue weighted by molar-refractivity contribution is 9.10. The van der Waals surface area contributed by atoms with E-state index >= 15 is 0 Å². The zero-order valence-corrected chi connectivity index (χ0v) is 12.7. The maximum absolute atomic E-state index is 11.6. The lowest BCUT2D eigenvalue weighted by Crippen LogP contribution is -2.17. The molecule has 0 atom stereocenters. The molecule has 1 aliphatic rings. The van der Waals surface area contributed by atoms with Crippen LogP contribution < -0.4 is 0 Å². The fraction of sp³-hybridized carbons (Fsp3) is 0.462.